The second kappa shape index (κ2) is 7.55. The van der Waals surface area contributed by atoms with Crippen LogP contribution in [0.2, 0.25) is 0 Å². The minimum absolute atomic E-state index is 0.0416. The number of benzene rings is 1. The lowest BCUT2D eigenvalue weighted by molar-refractivity contribution is -0.207. The van der Waals surface area contributed by atoms with Gasteiger partial charge in [-0.05, 0) is 44.0 Å². The highest BCUT2D eigenvalue weighted by Crippen LogP contribution is 2.33. The van der Waals surface area contributed by atoms with Gasteiger partial charge in [0.25, 0.3) is 0 Å². The summed E-state index contributed by atoms with van der Waals surface area (Å²) >= 11 is 0. The van der Waals surface area contributed by atoms with Crippen LogP contribution in [0.15, 0.2) is 18.2 Å². The maximum absolute atomic E-state index is 13.7. The molecule has 0 fully saturated rings. The SMILES string of the molecule is CCOC(=O)[C@](NC(=O)CC)(Nc1ccc(C)c(C)c1)C(F)(F)F. The summed E-state index contributed by atoms with van der Waals surface area (Å²) in [6.07, 6.45) is -5.32. The summed E-state index contributed by atoms with van der Waals surface area (Å²) in [6.45, 7) is 6.05. The first-order chi connectivity index (χ1) is 11.1. The van der Waals surface area contributed by atoms with Crippen molar-refractivity contribution in [2.75, 3.05) is 11.9 Å². The molecule has 0 spiro atoms. The van der Waals surface area contributed by atoms with Crippen LogP contribution in [-0.4, -0.2) is 30.3 Å². The number of nitrogens with one attached hydrogen (secondary N) is 2. The zero-order chi connectivity index (χ0) is 18.5. The molecule has 0 unspecified atom stereocenters. The van der Waals surface area contributed by atoms with Crippen molar-refractivity contribution < 1.29 is 27.5 Å². The highest BCUT2D eigenvalue weighted by molar-refractivity contribution is 5.91. The number of anilines is 1. The van der Waals surface area contributed by atoms with Gasteiger partial charge in [-0.25, -0.2) is 4.79 Å². The summed E-state index contributed by atoms with van der Waals surface area (Å²) in [5, 5.41) is 3.86. The molecule has 0 saturated heterocycles. The second-order valence-corrected chi connectivity index (χ2v) is 5.29. The number of alkyl halides is 3. The molecule has 0 heterocycles. The number of aryl methyl sites for hydroxylation is 2. The van der Waals surface area contributed by atoms with E-state index in [4.69, 9.17) is 0 Å². The van der Waals surface area contributed by atoms with Crippen LogP contribution in [0, 0.1) is 13.8 Å². The Hall–Kier alpha value is -2.25. The maximum atomic E-state index is 13.7. The number of amides is 1. The van der Waals surface area contributed by atoms with Gasteiger partial charge in [-0.1, -0.05) is 13.0 Å². The topological polar surface area (TPSA) is 67.4 Å². The fraction of sp³-hybridized carbons (Fsp3) is 0.500. The lowest BCUT2D eigenvalue weighted by atomic mass is 10.1. The minimum atomic E-state index is -5.11. The number of carbonyl (C=O) groups excluding carboxylic acids is 2. The number of rotatable bonds is 6. The molecule has 1 atom stereocenters. The lowest BCUT2D eigenvalue weighted by Crippen LogP contribution is -2.69. The Morgan fingerprint density at radius 2 is 1.75 bits per heavy atom. The van der Waals surface area contributed by atoms with Gasteiger partial charge in [0.1, 0.15) is 0 Å². The standard InChI is InChI=1S/C16H21F3N2O3/c1-5-13(22)21-15(16(17,18)19,14(23)24-6-2)20-12-8-7-10(3)11(4)9-12/h7-9,20H,5-6H2,1-4H3,(H,21,22)/t15-/m1/s1. The first kappa shape index (κ1) is 19.8. The van der Waals surface area contributed by atoms with E-state index in [0.29, 0.717) is 0 Å². The van der Waals surface area contributed by atoms with E-state index in [0.717, 1.165) is 11.1 Å². The molecular formula is C16H21F3N2O3. The van der Waals surface area contributed by atoms with Crippen LogP contribution >= 0.6 is 0 Å². The Morgan fingerprint density at radius 3 is 2.21 bits per heavy atom. The Balaban J connectivity index is 3.39. The predicted octanol–water partition coefficient (Wildman–Crippen LogP) is 3.06. The maximum Gasteiger partial charge on any atom is 0.441 e. The Morgan fingerprint density at radius 1 is 1.12 bits per heavy atom. The smallest absolute Gasteiger partial charge is 0.441 e. The van der Waals surface area contributed by atoms with Gasteiger partial charge in [0.15, 0.2) is 0 Å². The van der Waals surface area contributed by atoms with Gasteiger partial charge >= 0.3 is 17.8 Å². The van der Waals surface area contributed by atoms with Crippen molar-refractivity contribution >= 4 is 17.6 Å². The van der Waals surface area contributed by atoms with Crippen LogP contribution in [0.3, 0.4) is 0 Å². The van der Waals surface area contributed by atoms with Crippen LogP contribution < -0.4 is 10.6 Å². The molecule has 1 aromatic carbocycles. The summed E-state index contributed by atoms with van der Waals surface area (Å²) < 4.78 is 45.8. The molecular weight excluding hydrogens is 325 g/mol. The zero-order valence-corrected chi connectivity index (χ0v) is 14.0. The van der Waals surface area contributed by atoms with E-state index in [9.17, 15) is 22.8 Å². The summed E-state index contributed by atoms with van der Waals surface area (Å²) in [5.41, 5.74) is -1.69. The van der Waals surface area contributed by atoms with Crippen LogP contribution in [-0.2, 0) is 14.3 Å². The molecule has 0 saturated carbocycles. The molecule has 24 heavy (non-hydrogen) atoms. The number of hydrogen-bond donors (Lipinski definition) is 2. The van der Waals surface area contributed by atoms with E-state index < -0.39 is 23.7 Å². The molecule has 0 aromatic heterocycles. The van der Waals surface area contributed by atoms with Crippen molar-refractivity contribution in [1.29, 1.82) is 0 Å². The first-order valence-electron chi connectivity index (χ1n) is 7.47. The molecule has 1 amide bonds. The van der Waals surface area contributed by atoms with Gasteiger partial charge in [0, 0.05) is 12.1 Å². The van der Waals surface area contributed by atoms with Gasteiger partial charge in [0.05, 0.1) is 6.61 Å². The Bertz CT molecular complexity index is 617. The second-order valence-electron chi connectivity index (χ2n) is 5.29. The normalized spacial score (nSPS) is 13.8. The lowest BCUT2D eigenvalue weighted by Gasteiger charge is -2.35. The van der Waals surface area contributed by atoms with Gasteiger partial charge in [0.2, 0.25) is 5.91 Å². The van der Waals surface area contributed by atoms with E-state index >= 15 is 0 Å². The Labute approximate surface area is 138 Å². The molecule has 0 bridgehead atoms. The van der Waals surface area contributed by atoms with Crippen LogP contribution in [0.1, 0.15) is 31.4 Å². The monoisotopic (exact) mass is 346 g/mol. The number of halogens is 3. The molecule has 0 radical (unpaired) electrons. The zero-order valence-electron chi connectivity index (χ0n) is 14.0. The van der Waals surface area contributed by atoms with E-state index in [1.807, 2.05) is 0 Å². The van der Waals surface area contributed by atoms with Crippen LogP contribution in [0.4, 0.5) is 18.9 Å². The summed E-state index contributed by atoms with van der Waals surface area (Å²) in [5.74, 6) is -2.55. The highest BCUT2D eigenvalue weighted by atomic mass is 19.4. The van der Waals surface area contributed by atoms with Crippen LogP contribution in [0.25, 0.3) is 0 Å². The van der Waals surface area contributed by atoms with E-state index in [-0.39, 0.29) is 18.7 Å². The third-order valence-electron chi connectivity index (χ3n) is 3.49. The summed E-state index contributed by atoms with van der Waals surface area (Å²) in [7, 11) is 0. The van der Waals surface area contributed by atoms with Gasteiger partial charge < -0.3 is 15.4 Å². The van der Waals surface area contributed by atoms with Gasteiger partial charge in [-0.15, -0.1) is 0 Å². The molecule has 1 rings (SSSR count). The fourth-order valence-electron chi connectivity index (χ4n) is 1.96. The minimum Gasteiger partial charge on any atom is -0.463 e. The molecule has 134 valence electrons. The molecule has 2 N–H and O–H groups in total. The fourth-order valence-corrected chi connectivity index (χ4v) is 1.96. The van der Waals surface area contributed by atoms with Crippen molar-refractivity contribution in [2.24, 2.45) is 0 Å². The third-order valence-corrected chi connectivity index (χ3v) is 3.49. The largest absolute Gasteiger partial charge is 0.463 e. The summed E-state index contributed by atoms with van der Waals surface area (Å²) in [6, 6.07) is 4.49. The first-order valence-corrected chi connectivity index (χ1v) is 7.47. The third kappa shape index (κ3) is 4.18. The van der Waals surface area contributed by atoms with E-state index in [1.165, 1.54) is 26.0 Å². The number of esters is 1. The van der Waals surface area contributed by atoms with E-state index in [2.05, 4.69) is 10.1 Å². The van der Waals surface area contributed by atoms with Crippen molar-refractivity contribution in [3.63, 3.8) is 0 Å². The van der Waals surface area contributed by atoms with Crippen LogP contribution in [0.5, 0.6) is 0 Å². The van der Waals surface area contributed by atoms with Gasteiger partial charge in [-0.3, -0.25) is 4.79 Å². The molecule has 0 aliphatic heterocycles. The van der Waals surface area contributed by atoms with Crippen molar-refractivity contribution in [1.82, 2.24) is 5.32 Å². The van der Waals surface area contributed by atoms with Crippen molar-refractivity contribution in [3.05, 3.63) is 29.3 Å². The molecule has 0 aliphatic carbocycles. The number of ether oxygens (including phenoxy) is 1. The quantitative estimate of drug-likeness (QED) is 0.614. The number of carbonyl (C=O) groups is 2. The van der Waals surface area contributed by atoms with E-state index in [1.54, 1.807) is 25.2 Å². The average Bonchev–Trinajstić information content (AvgIpc) is 2.49. The van der Waals surface area contributed by atoms with Crippen molar-refractivity contribution in [3.8, 4) is 0 Å². The average molecular weight is 346 g/mol. The predicted molar refractivity (Wildman–Crippen MR) is 83.4 cm³/mol. The molecule has 1 aromatic rings. The molecule has 5 nitrogen and oxygen atoms in total. The number of hydrogen-bond acceptors (Lipinski definition) is 4. The molecule has 0 aliphatic rings. The highest BCUT2D eigenvalue weighted by Gasteiger charge is 2.63. The Kier molecular flexibility index (Phi) is 6.22. The summed E-state index contributed by atoms with van der Waals surface area (Å²) in [4.78, 5) is 23.7. The van der Waals surface area contributed by atoms with Gasteiger partial charge in [-0.2, -0.15) is 13.2 Å². The van der Waals surface area contributed by atoms with Crippen molar-refractivity contribution in [2.45, 2.75) is 46.0 Å². The molecule has 8 heteroatoms.